The first-order chi connectivity index (χ1) is 8.29. The highest BCUT2D eigenvalue weighted by Gasteiger charge is 2.19. The van der Waals surface area contributed by atoms with Crippen molar-refractivity contribution in [2.24, 2.45) is 13.0 Å². The Morgan fingerprint density at radius 1 is 1.39 bits per heavy atom. The van der Waals surface area contributed by atoms with Crippen LogP contribution in [-0.2, 0) is 13.6 Å². The molecular weight excluding hydrogens is 248 g/mol. The highest BCUT2D eigenvalue weighted by atomic mass is 35.5. The van der Waals surface area contributed by atoms with E-state index < -0.39 is 0 Å². The first-order valence-corrected chi connectivity index (χ1v) is 6.69. The molecule has 1 aliphatic heterocycles. The Bertz CT molecular complexity index is 331. The quantitative estimate of drug-likeness (QED) is 0.885. The zero-order valence-electron chi connectivity index (χ0n) is 11.4. The van der Waals surface area contributed by atoms with Gasteiger partial charge in [-0.3, -0.25) is 9.58 Å². The van der Waals surface area contributed by atoms with E-state index in [4.69, 9.17) is 0 Å². The molecule has 0 unspecified atom stereocenters. The lowest BCUT2D eigenvalue weighted by Gasteiger charge is -2.31. The van der Waals surface area contributed by atoms with Gasteiger partial charge in [0.2, 0.25) is 0 Å². The molecule has 1 fully saturated rings. The van der Waals surface area contributed by atoms with Crippen molar-refractivity contribution in [1.29, 1.82) is 0 Å². The smallest absolute Gasteiger partial charge is 0.0521 e. The number of piperidine rings is 1. The van der Waals surface area contributed by atoms with Gasteiger partial charge in [-0.1, -0.05) is 6.92 Å². The number of aromatic nitrogens is 2. The Morgan fingerprint density at radius 2 is 2.11 bits per heavy atom. The molecule has 0 spiro atoms. The molecule has 1 aliphatic rings. The Labute approximate surface area is 116 Å². The maximum atomic E-state index is 4.22. The molecule has 5 heteroatoms. The molecule has 0 amide bonds. The maximum absolute atomic E-state index is 4.22. The first kappa shape index (κ1) is 15.5. The zero-order valence-corrected chi connectivity index (χ0v) is 12.2. The van der Waals surface area contributed by atoms with Crippen molar-refractivity contribution in [2.45, 2.75) is 26.3 Å². The van der Waals surface area contributed by atoms with Crippen LogP contribution in [0.4, 0.5) is 0 Å². The number of nitrogens with zero attached hydrogens (tertiary/aromatic N) is 3. The fraction of sp³-hybridized carbons (Fsp3) is 0.769. The zero-order chi connectivity index (χ0) is 12.1. The van der Waals surface area contributed by atoms with E-state index in [1.165, 1.54) is 38.2 Å². The van der Waals surface area contributed by atoms with E-state index in [2.05, 4.69) is 28.3 Å². The molecule has 0 atom stereocenters. The first-order valence-electron chi connectivity index (χ1n) is 6.69. The van der Waals surface area contributed by atoms with Crippen LogP contribution in [-0.4, -0.2) is 40.9 Å². The molecule has 0 aliphatic carbocycles. The van der Waals surface area contributed by atoms with Gasteiger partial charge in [0.1, 0.15) is 0 Å². The van der Waals surface area contributed by atoms with Gasteiger partial charge in [0.15, 0.2) is 0 Å². The lowest BCUT2D eigenvalue weighted by molar-refractivity contribution is 0.172. The van der Waals surface area contributed by atoms with E-state index in [1.54, 1.807) is 0 Å². The number of likely N-dealkylation sites (tertiary alicyclic amines) is 1. The normalized spacial score (nSPS) is 17.7. The van der Waals surface area contributed by atoms with Crippen LogP contribution >= 0.6 is 12.4 Å². The van der Waals surface area contributed by atoms with Gasteiger partial charge in [-0.2, -0.15) is 5.10 Å². The topological polar surface area (TPSA) is 33.1 Å². The van der Waals surface area contributed by atoms with Gasteiger partial charge in [-0.15, -0.1) is 12.4 Å². The van der Waals surface area contributed by atoms with Crippen molar-refractivity contribution in [3.8, 4) is 0 Å². The number of hydrogen-bond donors (Lipinski definition) is 1. The molecule has 2 rings (SSSR count). The van der Waals surface area contributed by atoms with Crippen LogP contribution < -0.4 is 5.32 Å². The van der Waals surface area contributed by atoms with Crippen molar-refractivity contribution >= 4 is 12.4 Å². The molecule has 1 N–H and O–H groups in total. The summed E-state index contributed by atoms with van der Waals surface area (Å²) in [5, 5.41) is 7.67. The van der Waals surface area contributed by atoms with Crippen molar-refractivity contribution in [3.63, 3.8) is 0 Å². The Kier molecular flexibility index (Phi) is 6.68. The highest BCUT2D eigenvalue weighted by molar-refractivity contribution is 5.85. The monoisotopic (exact) mass is 272 g/mol. The van der Waals surface area contributed by atoms with E-state index in [-0.39, 0.29) is 12.4 Å². The van der Waals surface area contributed by atoms with Gasteiger partial charge in [0, 0.05) is 19.8 Å². The molecule has 0 aromatic carbocycles. The van der Waals surface area contributed by atoms with E-state index in [9.17, 15) is 0 Å². The SMILES string of the molecule is CCNCC1CCN(Cc2ccnn2C)CC1.Cl. The van der Waals surface area contributed by atoms with Crippen LogP contribution in [0.15, 0.2) is 12.3 Å². The summed E-state index contributed by atoms with van der Waals surface area (Å²) in [7, 11) is 2.02. The summed E-state index contributed by atoms with van der Waals surface area (Å²) < 4.78 is 1.98. The summed E-state index contributed by atoms with van der Waals surface area (Å²) in [5.74, 6) is 0.873. The second-order valence-electron chi connectivity index (χ2n) is 4.97. The van der Waals surface area contributed by atoms with Crippen LogP contribution in [0.2, 0.25) is 0 Å². The molecule has 0 radical (unpaired) electrons. The average Bonchev–Trinajstić information content (AvgIpc) is 2.74. The molecule has 4 nitrogen and oxygen atoms in total. The highest BCUT2D eigenvalue weighted by Crippen LogP contribution is 2.18. The van der Waals surface area contributed by atoms with Gasteiger partial charge in [0.25, 0.3) is 0 Å². The van der Waals surface area contributed by atoms with Crippen molar-refractivity contribution < 1.29 is 0 Å². The van der Waals surface area contributed by atoms with Gasteiger partial charge in [-0.05, 0) is 51.0 Å². The van der Waals surface area contributed by atoms with Crippen LogP contribution in [0.5, 0.6) is 0 Å². The minimum atomic E-state index is 0. The number of nitrogens with one attached hydrogen (secondary N) is 1. The second kappa shape index (κ2) is 7.77. The molecule has 0 saturated carbocycles. The summed E-state index contributed by atoms with van der Waals surface area (Å²) >= 11 is 0. The fourth-order valence-corrected chi connectivity index (χ4v) is 2.48. The molecular formula is C13H25ClN4. The Morgan fingerprint density at radius 3 is 2.67 bits per heavy atom. The summed E-state index contributed by atoms with van der Waals surface area (Å²) in [6, 6.07) is 2.12. The molecule has 1 saturated heterocycles. The van der Waals surface area contributed by atoms with Crippen LogP contribution in [0, 0.1) is 5.92 Å². The number of halogens is 1. The second-order valence-corrected chi connectivity index (χ2v) is 4.97. The third kappa shape index (κ3) is 4.26. The Hall–Kier alpha value is -0.580. The largest absolute Gasteiger partial charge is 0.317 e. The molecule has 0 bridgehead atoms. The lowest BCUT2D eigenvalue weighted by Crippen LogP contribution is -2.37. The number of hydrogen-bond acceptors (Lipinski definition) is 3. The van der Waals surface area contributed by atoms with E-state index >= 15 is 0 Å². The number of rotatable bonds is 5. The summed E-state index contributed by atoms with van der Waals surface area (Å²) in [6.45, 7) is 7.95. The van der Waals surface area contributed by atoms with Crippen LogP contribution in [0.3, 0.4) is 0 Å². The molecule has 104 valence electrons. The minimum Gasteiger partial charge on any atom is -0.317 e. The predicted octanol–water partition coefficient (Wildman–Crippen LogP) is 1.66. The van der Waals surface area contributed by atoms with Gasteiger partial charge >= 0.3 is 0 Å². The van der Waals surface area contributed by atoms with E-state index in [0.29, 0.717) is 0 Å². The Balaban J connectivity index is 0.00000162. The fourth-order valence-electron chi connectivity index (χ4n) is 2.48. The lowest BCUT2D eigenvalue weighted by atomic mass is 9.96. The number of aryl methyl sites for hydroxylation is 1. The van der Waals surface area contributed by atoms with Crippen molar-refractivity contribution in [2.75, 3.05) is 26.2 Å². The van der Waals surface area contributed by atoms with Crippen LogP contribution in [0.25, 0.3) is 0 Å². The summed E-state index contributed by atoms with van der Waals surface area (Å²) in [4.78, 5) is 2.54. The van der Waals surface area contributed by atoms with Crippen molar-refractivity contribution in [1.82, 2.24) is 20.0 Å². The van der Waals surface area contributed by atoms with E-state index in [1.807, 2.05) is 17.9 Å². The standard InChI is InChI=1S/C13H24N4.ClH/c1-3-14-10-12-5-8-17(9-6-12)11-13-4-7-15-16(13)2;/h4,7,12,14H,3,5-6,8-11H2,1-2H3;1H. The van der Waals surface area contributed by atoms with Crippen LogP contribution in [0.1, 0.15) is 25.5 Å². The molecule has 1 aromatic heterocycles. The van der Waals surface area contributed by atoms with Gasteiger partial charge in [-0.25, -0.2) is 0 Å². The molecule has 2 heterocycles. The predicted molar refractivity (Wildman–Crippen MR) is 77.0 cm³/mol. The summed E-state index contributed by atoms with van der Waals surface area (Å²) in [6.07, 6.45) is 4.53. The molecule has 18 heavy (non-hydrogen) atoms. The molecule has 1 aromatic rings. The van der Waals surface area contributed by atoms with Crippen molar-refractivity contribution in [3.05, 3.63) is 18.0 Å². The summed E-state index contributed by atoms with van der Waals surface area (Å²) in [5.41, 5.74) is 1.31. The third-order valence-electron chi connectivity index (χ3n) is 3.70. The minimum absolute atomic E-state index is 0. The maximum Gasteiger partial charge on any atom is 0.0521 e. The average molecular weight is 273 g/mol. The van der Waals surface area contributed by atoms with Gasteiger partial charge in [0.05, 0.1) is 5.69 Å². The van der Waals surface area contributed by atoms with E-state index in [0.717, 1.165) is 19.0 Å². The van der Waals surface area contributed by atoms with Gasteiger partial charge < -0.3 is 5.32 Å². The third-order valence-corrected chi connectivity index (χ3v) is 3.70.